The summed E-state index contributed by atoms with van der Waals surface area (Å²) in [7, 11) is 0. The minimum absolute atomic E-state index is 0.215. The van der Waals surface area contributed by atoms with E-state index in [1.807, 2.05) is 24.3 Å². The van der Waals surface area contributed by atoms with E-state index in [0.717, 1.165) is 9.26 Å². The van der Waals surface area contributed by atoms with Gasteiger partial charge in [-0.3, -0.25) is 4.79 Å². The summed E-state index contributed by atoms with van der Waals surface area (Å²) in [5.41, 5.74) is 1.48. The number of aliphatic imine (C=N–C) groups is 1. The van der Waals surface area contributed by atoms with Gasteiger partial charge in [0.25, 0.3) is 5.91 Å². The Balaban J connectivity index is 1.56. The van der Waals surface area contributed by atoms with Crippen LogP contribution in [0, 0.1) is 3.57 Å². The van der Waals surface area contributed by atoms with E-state index in [9.17, 15) is 4.79 Å². The van der Waals surface area contributed by atoms with Gasteiger partial charge in [0.15, 0.2) is 5.17 Å². The first-order valence-electron chi connectivity index (χ1n) is 8.08. The van der Waals surface area contributed by atoms with Crippen molar-refractivity contribution >= 4 is 80.4 Å². The van der Waals surface area contributed by atoms with E-state index in [4.69, 9.17) is 27.6 Å². The number of furan rings is 1. The number of halogens is 3. The summed E-state index contributed by atoms with van der Waals surface area (Å²) in [4.78, 5) is 17.2. The molecule has 1 N–H and O–H groups in total. The maximum atomic E-state index is 12.2. The highest BCUT2D eigenvalue weighted by atomic mass is 127. The lowest BCUT2D eigenvalue weighted by Crippen LogP contribution is -2.19. The summed E-state index contributed by atoms with van der Waals surface area (Å²) in [6.45, 7) is 0. The third-order valence-electron chi connectivity index (χ3n) is 3.80. The zero-order chi connectivity index (χ0) is 19.7. The van der Waals surface area contributed by atoms with E-state index in [2.05, 4.69) is 32.9 Å². The van der Waals surface area contributed by atoms with E-state index in [1.54, 1.807) is 36.4 Å². The molecule has 140 valence electrons. The lowest BCUT2D eigenvalue weighted by Gasteiger charge is -2.01. The number of hydrogen-bond donors (Lipinski definition) is 1. The predicted octanol–water partition coefficient (Wildman–Crippen LogP) is 6.75. The molecule has 0 radical (unpaired) electrons. The summed E-state index contributed by atoms with van der Waals surface area (Å²) >= 11 is 15.8. The third kappa shape index (κ3) is 4.46. The molecule has 1 aliphatic rings. The van der Waals surface area contributed by atoms with Crippen LogP contribution in [0.5, 0.6) is 0 Å². The monoisotopic (exact) mass is 540 g/mol. The fraction of sp³-hybridized carbons (Fsp3) is 0. The zero-order valence-corrected chi connectivity index (χ0v) is 18.6. The first-order chi connectivity index (χ1) is 13.5. The highest BCUT2D eigenvalue weighted by Gasteiger charge is 2.24. The van der Waals surface area contributed by atoms with Crippen molar-refractivity contribution in [3.63, 3.8) is 0 Å². The van der Waals surface area contributed by atoms with E-state index in [1.165, 1.54) is 11.8 Å². The normalized spacial score (nSPS) is 16.8. The molecule has 1 saturated heterocycles. The molecular weight excluding hydrogens is 530 g/mol. The van der Waals surface area contributed by atoms with Crippen LogP contribution in [-0.4, -0.2) is 11.1 Å². The van der Waals surface area contributed by atoms with Gasteiger partial charge in [-0.2, -0.15) is 0 Å². The third-order valence-corrected chi connectivity index (χ3v) is 6.00. The fourth-order valence-electron chi connectivity index (χ4n) is 2.50. The van der Waals surface area contributed by atoms with Crippen molar-refractivity contribution < 1.29 is 9.21 Å². The Morgan fingerprint density at radius 2 is 1.86 bits per heavy atom. The van der Waals surface area contributed by atoms with Crippen LogP contribution >= 0.6 is 57.6 Å². The molecule has 4 rings (SSSR count). The molecule has 0 atom stereocenters. The molecule has 0 saturated carbocycles. The van der Waals surface area contributed by atoms with Gasteiger partial charge >= 0.3 is 0 Å². The van der Waals surface area contributed by atoms with Gasteiger partial charge in [0.2, 0.25) is 0 Å². The highest BCUT2D eigenvalue weighted by Crippen LogP contribution is 2.34. The van der Waals surface area contributed by atoms with E-state index < -0.39 is 0 Å². The van der Waals surface area contributed by atoms with Crippen molar-refractivity contribution in [3.8, 4) is 11.3 Å². The van der Waals surface area contributed by atoms with Crippen LogP contribution < -0.4 is 5.32 Å². The van der Waals surface area contributed by atoms with Gasteiger partial charge in [0, 0.05) is 20.2 Å². The second kappa shape index (κ2) is 8.32. The van der Waals surface area contributed by atoms with Crippen LogP contribution in [0.4, 0.5) is 5.69 Å². The van der Waals surface area contributed by atoms with Crippen molar-refractivity contribution in [1.29, 1.82) is 0 Å². The van der Waals surface area contributed by atoms with Gasteiger partial charge < -0.3 is 9.73 Å². The van der Waals surface area contributed by atoms with Gasteiger partial charge in [-0.25, -0.2) is 4.99 Å². The molecule has 2 heterocycles. The number of carbonyl (C=O) groups is 1. The molecule has 2 aromatic carbocycles. The number of thioether (sulfide) groups is 1. The Kier molecular flexibility index (Phi) is 5.82. The standard InChI is InChI=1S/C20H11Cl2IN2O2S/c21-11-1-7-16(22)15(9-11)17-8-6-14(27-17)10-18-19(26)25-20(28-18)24-13-4-2-12(23)3-5-13/h1-10H,(H,24,25,26)/b18-10+. The van der Waals surface area contributed by atoms with Crippen molar-refractivity contribution in [2.75, 3.05) is 0 Å². The highest BCUT2D eigenvalue weighted by molar-refractivity contribution is 14.1. The van der Waals surface area contributed by atoms with Crippen molar-refractivity contribution in [3.05, 3.63) is 78.9 Å². The first kappa shape index (κ1) is 19.6. The molecule has 28 heavy (non-hydrogen) atoms. The Morgan fingerprint density at radius 3 is 2.64 bits per heavy atom. The Bertz CT molecular complexity index is 1120. The Morgan fingerprint density at radius 1 is 1.07 bits per heavy atom. The number of nitrogens with one attached hydrogen (secondary N) is 1. The maximum Gasteiger partial charge on any atom is 0.264 e. The quantitative estimate of drug-likeness (QED) is 0.295. The van der Waals surface area contributed by atoms with Crippen LogP contribution in [0.25, 0.3) is 17.4 Å². The van der Waals surface area contributed by atoms with Gasteiger partial charge in [0.1, 0.15) is 11.5 Å². The lowest BCUT2D eigenvalue weighted by atomic mass is 10.2. The van der Waals surface area contributed by atoms with Gasteiger partial charge in [-0.1, -0.05) is 23.2 Å². The van der Waals surface area contributed by atoms with E-state index in [0.29, 0.717) is 37.2 Å². The number of amidine groups is 1. The number of hydrogen-bond acceptors (Lipinski definition) is 4. The SMILES string of the molecule is O=C1NC(=Nc2ccc(I)cc2)S/C1=C/c1ccc(-c2cc(Cl)ccc2Cl)o1. The van der Waals surface area contributed by atoms with Crippen LogP contribution in [0.3, 0.4) is 0 Å². The molecule has 0 unspecified atom stereocenters. The molecule has 0 spiro atoms. The van der Waals surface area contributed by atoms with E-state index >= 15 is 0 Å². The summed E-state index contributed by atoms with van der Waals surface area (Å²) in [6, 6.07) is 16.5. The Hall–Kier alpha value is -1.74. The first-order valence-corrected chi connectivity index (χ1v) is 10.7. The van der Waals surface area contributed by atoms with Crippen LogP contribution in [0.15, 0.2) is 68.9 Å². The molecule has 8 heteroatoms. The number of carbonyl (C=O) groups excluding carboxylic acids is 1. The summed E-state index contributed by atoms with van der Waals surface area (Å²) in [6.07, 6.45) is 1.68. The minimum atomic E-state index is -0.215. The topological polar surface area (TPSA) is 54.6 Å². The molecule has 1 aliphatic heterocycles. The number of rotatable bonds is 3. The largest absolute Gasteiger partial charge is 0.457 e. The maximum absolute atomic E-state index is 12.2. The van der Waals surface area contributed by atoms with Gasteiger partial charge in [-0.05, 0) is 89.0 Å². The molecular formula is C20H11Cl2IN2O2S. The average Bonchev–Trinajstić information content (AvgIpc) is 3.26. The van der Waals surface area contributed by atoms with Gasteiger partial charge in [0.05, 0.1) is 15.6 Å². The molecule has 1 fully saturated rings. The molecule has 0 bridgehead atoms. The fourth-order valence-corrected chi connectivity index (χ4v) is 4.07. The zero-order valence-electron chi connectivity index (χ0n) is 14.1. The second-order valence-electron chi connectivity index (χ2n) is 5.78. The second-order valence-corrected chi connectivity index (χ2v) is 8.90. The predicted molar refractivity (Wildman–Crippen MR) is 124 cm³/mol. The summed E-state index contributed by atoms with van der Waals surface area (Å²) in [5, 5.41) is 4.40. The Labute approximate surface area is 189 Å². The average molecular weight is 541 g/mol. The van der Waals surface area contributed by atoms with Crippen molar-refractivity contribution in [2.45, 2.75) is 0 Å². The van der Waals surface area contributed by atoms with E-state index in [-0.39, 0.29) is 5.91 Å². The number of benzene rings is 2. The smallest absolute Gasteiger partial charge is 0.264 e. The van der Waals surface area contributed by atoms with Crippen molar-refractivity contribution in [1.82, 2.24) is 5.32 Å². The van der Waals surface area contributed by atoms with Crippen LogP contribution in [0.2, 0.25) is 10.0 Å². The molecule has 0 aliphatic carbocycles. The molecule has 1 amide bonds. The van der Waals surface area contributed by atoms with Crippen LogP contribution in [-0.2, 0) is 4.79 Å². The van der Waals surface area contributed by atoms with Crippen LogP contribution in [0.1, 0.15) is 5.76 Å². The lowest BCUT2D eigenvalue weighted by molar-refractivity contribution is -0.115. The molecule has 4 nitrogen and oxygen atoms in total. The number of nitrogens with zero attached hydrogens (tertiary/aromatic N) is 1. The summed E-state index contributed by atoms with van der Waals surface area (Å²) < 4.78 is 6.95. The van der Waals surface area contributed by atoms with Crippen molar-refractivity contribution in [2.24, 2.45) is 4.99 Å². The molecule has 1 aromatic heterocycles. The summed E-state index contributed by atoms with van der Waals surface area (Å²) in [5.74, 6) is 0.905. The number of amides is 1. The molecule has 3 aromatic rings. The van der Waals surface area contributed by atoms with Gasteiger partial charge in [-0.15, -0.1) is 0 Å². The minimum Gasteiger partial charge on any atom is -0.457 e.